The molecule has 20 heavy (non-hydrogen) atoms. The first-order chi connectivity index (χ1) is 9.46. The van der Waals surface area contributed by atoms with Gasteiger partial charge < -0.3 is 9.32 Å². The lowest BCUT2D eigenvalue weighted by atomic mass is 10.2. The van der Waals surface area contributed by atoms with E-state index in [1.807, 2.05) is 6.92 Å². The molecule has 0 aromatic carbocycles. The smallest absolute Gasteiger partial charge is 0.289 e. The minimum Gasteiger partial charge on any atom is -0.438 e. The first-order valence-electron chi connectivity index (χ1n) is 6.78. The number of nitrogens with zero attached hydrogens (tertiary/aromatic N) is 1. The molecule has 1 amide bonds. The first-order valence-corrected chi connectivity index (χ1v) is 8.27. The first kappa shape index (κ1) is 16.7. The SMILES string of the molecule is CCCCN(CCC)C(=O)c1ccc(S(=O)(=O)NC)o1. The second-order valence-corrected chi connectivity index (χ2v) is 6.29. The highest BCUT2D eigenvalue weighted by Crippen LogP contribution is 2.16. The van der Waals surface area contributed by atoms with Gasteiger partial charge in [0.05, 0.1) is 0 Å². The third kappa shape index (κ3) is 4.08. The third-order valence-corrected chi connectivity index (χ3v) is 4.17. The zero-order chi connectivity index (χ0) is 15.2. The van der Waals surface area contributed by atoms with Crippen LogP contribution in [0.3, 0.4) is 0 Å². The summed E-state index contributed by atoms with van der Waals surface area (Å²) >= 11 is 0. The van der Waals surface area contributed by atoms with Crippen LogP contribution in [-0.2, 0) is 10.0 Å². The average Bonchev–Trinajstić information content (AvgIpc) is 2.93. The van der Waals surface area contributed by atoms with Crippen molar-refractivity contribution in [2.24, 2.45) is 0 Å². The summed E-state index contributed by atoms with van der Waals surface area (Å²) in [6.07, 6.45) is 2.75. The molecule has 0 fully saturated rings. The van der Waals surface area contributed by atoms with Crippen molar-refractivity contribution in [1.29, 1.82) is 0 Å². The van der Waals surface area contributed by atoms with E-state index in [1.165, 1.54) is 19.2 Å². The molecule has 0 aliphatic rings. The Morgan fingerprint density at radius 1 is 1.25 bits per heavy atom. The van der Waals surface area contributed by atoms with Crippen LogP contribution in [0, 0.1) is 0 Å². The van der Waals surface area contributed by atoms with Crippen LogP contribution in [0.15, 0.2) is 21.6 Å². The van der Waals surface area contributed by atoms with Crippen molar-refractivity contribution >= 4 is 15.9 Å². The van der Waals surface area contributed by atoms with E-state index in [4.69, 9.17) is 4.42 Å². The van der Waals surface area contributed by atoms with Gasteiger partial charge >= 0.3 is 0 Å². The van der Waals surface area contributed by atoms with Gasteiger partial charge in [-0.2, -0.15) is 0 Å². The number of hydrogen-bond acceptors (Lipinski definition) is 4. The van der Waals surface area contributed by atoms with Crippen LogP contribution < -0.4 is 4.72 Å². The standard InChI is InChI=1S/C13H22N2O4S/c1-4-6-10-15(9-5-2)13(16)11-7-8-12(19-11)20(17,18)14-3/h7-8,14H,4-6,9-10H2,1-3H3. The summed E-state index contributed by atoms with van der Waals surface area (Å²) in [4.78, 5) is 14.0. The van der Waals surface area contributed by atoms with Gasteiger partial charge in [0, 0.05) is 13.1 Å². The molecule has 0 atom stereocenters. The number of nitrogens with one attached hydrogen (secondary N) is 1. The molecule has 1 aromatic rings. The highest BCUT2D eigenvalue weighted by atomic mass is 32.2. The summed E-state index contributed by atoms with van der Waals surface area (Å²) in [6, 6.07) is 2.70. The van der Waals surface area contributed by atoms with Gasteiger partial charge in [-0.3, -0.25) is 4.79 Å². The molecular weight excluding hydrogens is 280 g/mol. The van der Waals surface area contributed by atoms with Crippen LogP contribution in [-0.4, -0.2) is 39.4 Å². The van der Waals surface area contributed by atoms with Gasteiger partial charge in [-0.15, -0.1) is 0 Å². The van der Waals surface area contributed by atoms with Crippen LogP contribution >= 0.6 is 0 Å². The molecule has 6 nitrogen and oxygen atoms in total. The molecular formula is C13H22N2O4S. The fourth-order valence-corrected chi connectivity index (χ4v) is 2.42. The van der Waals surface area contributed by atoms with Gasteiger partial charge in [-0.1, -0.05) is 20.3 Å². The minimum absolute atomic E-state index is 0.0587. The Labute approximate surface area is 120 Å². The van der Waals surface area contributed by atoms with Crippen molar-refractivity contribution in [2.75, 3.05) is 20.1 Å². The van der Waals surface area contributed by atoms with E-state index in [0.717, 1.165) is 19.3 Å². The van der Waals surface area contributed by atoms with Crippen molar-refractivity contribution in [3.05, 3.63) is 17.9 Å². The molecule has 0 saturated heterocycles. The molecule has 1 rings (SSSR count). The van der Waals surface area contributed by atoms with E-state index in [0.29, 0.717) is 13.1 Å². The van der Waals surface area contributed by atoms with Crippen LogP contribution in [0.2, 0.25) is 0 Å². The Bertz CT molecular complexity index is 536. The normalized spacial score (nSPS) is 11.6. The predicted octanol–water partition coefficient (Wildman–Crippen LogP) is 1.84. The lowest BCUT2D eigenvalue weighted by Gasteiger charge is -2.20. The molecule has 0 radical (unpaired) electrons. The number of carbonyl (C=O) groups is 1. The Hall–Kier alpha value is -1.34. The topological polar surface area (TPSA) is 79.6 Å². The van der Waals surface area contributed by atoms with Gasteiger partial charge in [0.25, 0.3) is 15.9 Å². The summed E-state index contributed by atoms with van der Waals surface area (Å²) in [5.41, 5.74) is 0. The maximum Gasteiger partial charge on any atom is 0.289 e. The second kappa shape index (κ2) is 7.44. The van der Waals surface area contributed by atoms with Gasteiger partial charge in [0.2, 0.25) is 5.09 Å². The summed E-state index contributed by atoms with van der Waals surface area (Å²) in [7, 11) is -2.36. The number of unbranched alkanes of at least 4 members (excludes halogenated alkanes) is 1. The molecule has 0 spiro atoms. The Balaban J connectivity index is 2.90. The number of amides is 1. The lowest BCUT2D eigenvalue weighted by Crippen LogP contribution is -2.32. The molecule has 0 bridgehead atoms. The van der Waals surface area contributed by atoms with E-state index in [1.54, 1.807) is 4.90 Å². The maximum absolute atomic E-state index is 12.3. The van der Waals surface area contributed by atoms with Gasteiger partial charge in [0.15, 0.2) is 5.76 Å². The summed E-state index contributed by atoms with van der Waals surface area (Å²) in [5.74, 6) is -0.207. The van der Waals surface area contributed by atoms with Crippen molar-refractivity contribution in [1.82, 2.24) is 9.62 Å². The number of furan rings is 1. The van der Waals surface area contributed by atoms with Crippen LogP contribution in [0.5, 0.6) is 0 Å². The Morgan fingerprint density at radius 3 is 2.50 bits per heavy atom. The van der Waals surface area contributed by atoms with E-state index in [2.05, 4.69) is 11.6 Å². The maximum atomic E-state index is 12.3. The molecule has 0 aliphatic heterocycles. The zero-order valence-corrected chi connectivity index (χ0v) is 13.0. The summed E-state index contributed by atoms with van der Waals surface area (Å²) in [6.45, 7) is 5.33. The third-order valence-electron chi connectivity index (χ3n) is 2.89. The van der Waals surface area contributed by atoms with E-state index in [9.17, 15) is 13.2 Å². The quantitative estimate of drug-likeness (QED) is 0.794. The van der Waals surface area contributed by atoms with E-state index in [-0.39, 0.29) is 16.8 Å². The monoisotopic (exact) mass is 302 g/mol. The number of carbonyl (C=O) groups excluding carboxylic acids is 1. The minimum atomic E-state index is -3.65. The van der Waals surface area contributed by atoms with Gasteiger partial charge in [-0.05, 0) is 32.0 Å². The number of rotatable bonds is 8. The zero-order valence-electron chi connectivity index (χ0n) is 12.2. The van der Waals surface area contributed by atoms with Crippen molar-refractivity contribution < 1.29 is 17.6 Å². The van der Waals surface area contributed by atoms with Gasteiger partial charge in [-0.25, -0.2) is 13.1 Å². The molecule has 1 aromatic heterocycles. The molecule has 0 saturated carbocycles. The lowest BCUT2D eigenvalue weighted by molar-refractivity contribution is 0.0715. The Morgan fingerprint density at radius 2 is 1.95 bits per heavy atom. The largest absolute Gasteiger partial charge is 0.438 e. The van der Waals surface area contributed by atoms with E-state index >= 15 is 0 Å². The van der Waals surface area contributed by atoms with E-state index < -0.39 is 10.0 Å². The molecule has 1 heterocycles. The fourth-order valence-electron chi connectivity index (χ4n) is 1.77. The molecule has 1 N–H and O–H groups in total. The van der Waals surface area contributed by atoms with Crippen molar-refractivity contribution in [2.45, 2.75) is 38.2 Å². The number of hydrogen-bond donors (Lipinski definition) is 1. The van der Waals surface area contributed by atoms with Crippen LogP contribution in [0.4, 0.5) is 0 Å². The highest BCUT2D eigenvalue weighted by molar-refractivity contribution is 7.89. The molecule has 0 aliphatic carbocycles. The predicted molar refractivity (Wildman–Crippen MR) is 76.1 cm³/mol. The molecule has 7 heteroatoms. The fraction of sp³-hybridized carbons (Fsp3) is 0.615. The molecule has 114 valence electrons. The van der Waals surface area contributed by atoms with Crippen molar-refractivity contribution in [3.8, 4) is 0 Å². The van der Waals surface area contributed by atoms with Gasteiger partial charge in [0.1, 0.15) is 0 Å². The Kier molecular flexibility index (Phi) is 6.22. The average molecular weight is 302 g/mol. The molecule has 0 unspecified atom stereocenters. The number of sulfonamides is 1. The van der Waals surface area contributed by atoms with Crippen molar-refractivity contribution in [3.63, 3.8) is 0 Å². The summed E-state index contributed by atoms with van der Waals surface area (Å²) in [5, 5.41) is -0.240. The van der Waals surface area contributed by atoms with Crippen LogP contribution in [0.25, 0.3) is 0 Å². The van der Waals surface area contributed by atoms with Crippen LogP contribution in [0.1, 0.15) is 43.7 Å². The highest BCUT2D eigenvalue weighted by Gasteiger charge is 2.22. The summed E-state index contributed by atoms with van der Waals surface area (Å²) < 4.78 is 30.5. The second-order valence-electron chi connectivity index (χ2n) is 4.47.